The molecule has 1 aliphatic heterocycles. The van der Waals surface area contributed by atoms with E-state index in [0.717, 1.165) is 6.42 Å². The van der Waals surface area contributed by atoms with Gasteiger partial charge in [-0.05, 0) is 11.8 Å². The van der Waals surface area contributed by atoms with E-state index < -0.39 is 5.91 Å². The largest absolute Gasteiger partial charge is 0.282 e. The summed E-state index contributed by atoms with van der Waals surface area (Å²) in [6.07, 6.45) is 8.83. The molecule has 1 heterocycles. The van der Waals surface area contributed by atoms with Crippen LogP contribution in [0, 0.1) is 10.8 Å². The van der Waals surface area contributed by atoms with Gasteiger partial charge in [0.15, 0.2) is 0 Å². The van der Waals surface area contributed by atoms with E-state index in [4.69, 9.17) is 0 Å². The van der Waals surface area contributed by atoms with E-state index >= 15 is 0 Å². The maximum Gasteiger partial charge on any atom is 0.282 e. The molecular formula is C16H21NO2. The lowest BCUT2D eigenvalue weighted by Crippen LogP contribution is -2.22. The van der Waals surface area contributed by atoms with Gasteiger partial charge >= 0.3 is 0 Å². The third-order valence-electron chi connectivity index (χ3n) is 3.45. The highest BCUT2D eigenvalue weighted by Gasteiger charge is 2.34. The SMILES string of the molecule is C=C1C2=C(C=CC(C)(CC(C)(C)C)C=C2)C(=O)N1O. The summed E-state index contributed by atoms with van der Waals surface area (Å²) >= 11 is 0. The molecule has 19 heavy (non-hydrogen) atoms. The van der Waals surface area contributed by atoms with E-state index in [1.165, 1.54) is 0 Å². The van der Waals surface area contributed by atoms with Gasteiger partial charge in [-0.15, -0.1) is 0 Å². The average Bonchev–Trinajstić information content (AvgIpc) is 2.41. The first-order chi connectivity index (χ1) is 8.63. The van der Waals surface area contributed by atoms with Crippen LogP contribution in [0.5, 0.6) is 0 Å². The van der Waals surface area contributed by atoms with Crippen LogP contribution in [0.1, 0.15) is 34.1 Å². The van der Waals surface area contributed by atoms with E-state index in [2.05, 4.69) is 40.3 Å². The minimum Gasteiger partial charge on any atom is -0.281 e. The molecule has 1 amide bonds. The van der Waals surface area contributed by atoms with Crippen LogP contribution < -0.4 is 0 Å². The molecule has 1 aliphatic carbocycles. The first-order valence-corrected chi connectivity index (χ1v) is 6.48. The molecule has 102 valence electrons. The predicted molar refractivity (Wildman–Crippen MR) is 75.3 cm³/mol. The average molecular weight is 259 g/mol. The fourth-order valence-electron chi connectivity index (χ4n) is 2.83. The summed E-state index contributed by atoms with van der Waals surface area (Å²) in [5, 5.41) is 10.2. The van der Waals surface area contributed by atoms with Gasteiger partial charge in [-0.25, -0.2) is 0 Å². The topological polar surface area (TPSA) is 40.5 Å². The van der Waals surface area contributed by atoms with Crippen LogP contribution >= 0.6 is 0 Å². The number of amides is 1. The number of hydroxylamine groups is 2. The first kappa shape index (κ1) is 13.8. The van der Waals surface area contributed by atoms with E-state index in [1.54, 1.807) is 0 Å². The minimum absolute atomic E-state index is 0.0938. The number of hydrogen-bond donors (Lipinski definition) is 1. The Labute approximate surface area is 114 Å². The lowest BCUT2D eigenvalue weighted by atomic mass is 9.74. The fraction of sp³-hybridized carbons (Fsp3) is 0.438. The zero-order chi connectivity index (χ0) is 14.4. The Kier molecular flexibility index (Phi) is 3.06. The maximum atomic E-state index is 11.9. The molecule has 3 nitrogen and oxygen atoms in total. The molecule has 3 heteroatoms. The molecule has 0 saturated carbocycles. The van der Waals surface area contributed by atoms with Gasteiger partial charge in [0.25, 0.3) is 5.91 Å². The van der Waals surface area contributed by atoms with Gasteiger partial charge in [-0.2, -0.15) is 5.06 Å². The highest BCUT2D eigenvalue weighted by atomic mass is 16.5. The third-order valence-corrected chi connectivity index (χ3v) is 3.45. The monoisotopic (exact) mass is 259 g/mol. The summed E-state index contributed by atoms with van der Waals surface area (Å²) < 4.78 is 0. The number of carbonyl (C=O) groups is 1. The van der Waals surface area contributed by atoms with Crippen LogP contribution in [0.2, 0.25) is 0 Å². The van der Waals surface area contributed by atoms with Gasteiger partial charge in [0, 0.05) is 11.0 Å². The Morgan fingerprint density at radius 2 is 1.79 bits per heavy atom. The highest BCUT2D eigenvalue weighted by Crippen LogP contribution is 2.40. The maximum absolute atomic E-state index is 11.9. The molecule has 0 aromatic carbocycles. The molecule has 1 atom stereocenters. The van der Waals surface area contributed by atoms with Crippen molar-refractivity contribution in [2.75, 3.05) is 0 Å². The molecular weight excluding hydrogens is 238 g/mol. The second-order valence-corrected chi connectivity index (χ2v) is 6.80. The molecule has 0 aromatic rings. The standard InChI is InChI=1S/C16H21NO2/c1-11-12-6-8-16(5,10-15(2,3)4)9-7-13(12)14(18)17(11)19/h6-9,19H,1,10H2,2-5H3. The fourth-order valence-corrected chi connectivity index (χ4v) is 2.83. The molecule has 0 fully saturated rings. The Balaban J connectivity index is 2.35. The van der Waals surface area contributed by atoms with Crippen molar-refractivity contribution in [3.63, 3.8) is 0 Å². The molecule has 1 unspecified atom stereocenters. The number of carbonyl (C=O) groups excluding carboxylic acids is 1. The molecule has 0 aromatic heterocycles. The van der Waals surface area contributed by atoms with Gasteiger partial charge in [0.05, 0.1) is 11.3 Å². The van der Waals surface area contributed by atoms with Crippen molar-refractivity contribution in [1.82, 2.24) is 5.06 Å². The third kappa shape index (κ3) is 2.56. The van der Waals surface area contributed by atoms with Crippen LogP contribution in [0.25, 0.3) is 0 Å². The summed E-state index contributed by atoms with van der Waals surface area (Å²) in [5.74, 6) is -0.402. The Morgan fingerprint density at radius 3 is 2.32 bits per heavy atom. The molecule has 0 spiro atoms. The van der Waals surface area contributed by atoms with Crippen molar-refractivity contribution in [1.29, 1.82) is 0 Å². The second kappa shape index (κ2) is 4.20. The van der Waals surface area contributed by atoms with Crippen molar-refractivity contribution >= 4 is 5.91 Å². The van der Waals surface area contributed by atoms with Gasteiger partial charge in [-0.3, -0.25) is 10.0 Å². The van der Waals surface area contributed by atoms with Crippen molar-refractivity contribution < 1.29 is 10.0 Å². The lowest BCUT2D eigenvalue weighted by molar-refractivity contribution is -0.149. The number of allylic oxidation sites excluding steroid dienone is 3. The normalized spacial score (nSPS) is 27.1. The minimum atomic E-state index is -0.402. The second-order valence-electron chi connectivity index (χ2n) is 6.80. The van der Waals surface area contributed by atoms with Crippen LogP contribution in [-0.2, 0) is 4.79 Å². The molecule has 2 aliphatic rings. The van der Waals surface area contributed by atoms with Gasteiger partial charge < -0.3 is 0 Å². The summed E-state index contributed by atoms with van der Waals surface area (Å²) in [6.45, 7) is 12.5. The van der Waals surface area contributed by atoms with Crippen LogP contribution in [0.4, 0.5) is 0 Å². The van der Waals surface area contributed by atoms with E-state index in [0.29, 0.717) is 21.9 Å². The zero-order valence-corrected chi connectivity index (χ0v) is 12.0. The number of hydrogen-bond acceptors (Lipinski definition) is 2. The Morgan fingerprint density at radius 1 is 1.26 bits per heavy atom. The van der Waals surface area contributed by atoms with Crippen LogP contribution in [0.15, 0.2) is 47.7 Å². The summed E-state index contributed by atoms with van der Waals surface area (Å²) in [7, 11) is 0. The Bertz CT molecular complexity index is 493. The summed E-state index contributed by atoms with van der Waals surface area (Å²) in [4.78, 5) is 11.9. The summed E-state index contributed by atoms with van der Waals surface area (Å²) in [6, 6.07) is 0. The first-order valence-electron chi connectivity index (χ1n) is 6.48. The van der Waals surface area contributed by atoms with Crippen molar-refractivity contribution in [2.24, 2.45) is 10.8 Å². The molecule has 2 rings (SSSR count). The van der Waals surface area contributed by atoms with Crippen molar-refractivity contribution in [3.05, 3.63) is 47.7 Å². The predicted octanol–water partition coefficient (Wildman–Crippen LogP) is 3.60. The Hall–Kier alpha value is -1.61. The lowest BCUT2D eigenvalue weighted by Gasteiger charge is -2.30. The number of nitrogens with zero attached hydrogens (tertiary/aromatic N) is 1. The number of rotatable bonds is 1. The molecule has 0 radical (unpaired) electrons. The van der Waals surface area contributed by atoms with Crippen LogP contribution in [0.3, 0.4) is 0 Å². The van der Waals surface area contributed by atoms with E-state index in [-0.39, 0.29) is 10.8 Å². The zero-order valence-electron chi connectivity index (χ0n) is 12.0. The van der Waals surface area contributed by atoms with Gasteiger partial charge in [0.2, 0.25) is 0 Å². The molecule has 1 N–H and O–H groups in total. The molecule has 0 bridgehead atoms. The van der Waals surface area contributed by atoms with E-state index in [9.17, 15) is 10.0 Å². The summed E-state index contributed by atoms with van der Waals surface area (Å²) in [5.41, 5.74) is 1.68. The van der Waals surface area contributed by atoms with Gasteiger partial charge in [-0.1, -0.05) is 58.6 Å². The van der Waals surface area contributed by atoms with Gasteiger partial charge in [0.1, 0.15) is 0 Å². The smallest absolute Gasteiger partial charge is 0.281 e. The molecule has 0 saturated heterocycles. The van der Waals surface area contributed by atoms with Crippen molar-refractivity contribution in [2.45, 2.75) is 34.1 Å². The highest BCUT2D eigenvalue weighted by molar-refractivity contribution is 6.02. The van der Waals surface area contributed by atoms with Crippen molar-refractivity contribution in [3.8, 4) is 0 Å². The quantitative estimate of drug-likeness (QED) is 0.731. The van der Waals surface area contributed by atoms with E-state index in [1.807, 2.05) is 18.2 Å². The van der Waals surface area contributed by atoms with Crippen LogP contribution in [-0.4, -0.2) is 16.2 Å².